The van der Waals surface area contributed by atoms with E-state index in [0.29, 0.717) is 30.6 Å². The minimum Gasteiger partial charge on any atom is -0.481 e. The Morgan fingerprint density at radius 2 is 1.94 bits per heavy atom. The third kappa shape index (κ3) is 2.72. The first-order valence-electron chi connectivity index (χ1n) is 5.88. The molecule has 0 fully saturated rings. The number of nitrogens with zero attached hydrogens (tertiary/aromatic N) is 2. The smallest absolute Gasteiger partial charge is 0.347 e. The van der Waals surface area contributed by atoms with Crippen LogP contribution in [0, 0.1) is 0 Å². The summed E-state index contributed by atoms with van der Waals surface area (Å²) >= 11 is 0. The van der Waals surface area contributed by atoms with Gasteiger partial charge < -0.3 is 5.11 Å². The molecule has 0 aliphatic heterocycles. The summed E-state index contributed by atoms with van der Waals surface area (Å²) in [6.07, 6.45) is 1.15. The molecule has 0 aromatic carbocycles. The highest BCUT2D eigenvalue weighted by Gasteiger charge is 2.16. The van der Waals surface area contributed by atoms with Gasteiger partial charge in [-0.3, -0.25) is 9.36 Å². The first-order valence-corrected chi connectivity index (χ1v) is 5.88. The molecular formula is C12H18N2O3. The van der Waals surface area contributed by atoms with Crippen LogP contribution in [0.5, 0.6) is 0 Å². The SMILES string of the molecule is CCc1nc(=O)n(CC)c(CC)c1CC(=O)O. The van der Waals surface area contributed by atoms with Crippen LogP contribution in [-0.4, -0.2) is 20.6 Å². The van der Waals surface area contributed by atoms with Crippen molar-refractivity contribution in [3.8, 4) is 0 Å². The lowest BCUT2D eigenvalue weighted by molar-refractivity contribution is -0.136. The highest BCUT2D eigenvalue weighted by atomic mass is 16.4. The Morgan fingerprint density at radius 1 is 1.29 bits per heavy atom. The molecule has 0 aliphatic carbocycles. The van der Waals surface area contributed by atoms with Crippen LogP contribution < -0.4 is 5.69 Å². The van der Waals surface area contributed by atoms with Crippen molar-refractivity contribution < 1.29 is 9.90 Å². The van der Waals surface area contributed by atoms with E-state index in [1.165, 1.54) is 0 Å². The quantitative estimate of drug-likeness (QED) is 0.831. The van der Waals surface area contributed by atoms with E-state index in [1.807, 2.05) is 20.8 Å². The number of hydrogen-bond donors (Lipinski definition) is 1. The van der Waals surface area contributed by atoms with Crippen LogP contribution in [0.3, 0.4) is 0 Å². The molecule has 1 aromatic heterocycles. The number of carboxylic acid groups (broad SMARTS) is 1. The second-order valence-corrected chi connectivity index (χ2v) is 3.79. The fraction of sp³-hybridized carbons (Fsp3) is 0.583. The van der Waals surface area contributed by atoms with Crippen LogP contribution in [0.15, 0.2) is 4.79 Å². The monoisotopic (exact) mass is 238 g/mol. The molecule has 0 amide bonds. The highest BCUT2D eigenvalue weighted by Crippen LogP contribution is 2.13. The summed E-state index contributed by atoms with van der Waals surface area (Å²) < 4.78 is 1.55. The lowest BCUT2D eigenvalue weighted by Crippen LogP contribution is -2.29. The van der Waals surface area contributed by atoms with Gasteiger partial charge in [0.05, 0.1) is 12.1 Å². The first kappa shape index (κ1) is 13.4. The molecule has 5 heteroatoms. The lowest BCUT2D eigenvalue weighted by Gasteiger charge is -2.15. The van der Waals surface area contributed by atoms with E-state index in [1.54, 1.807) is 4.57 Å². The van der Waals surface area contributed by atoms with Crippen LogP contribution in [0.2, 0.25) is 0 Å². The summed E-state index contributed by atoms with van der Waals surface area (Å²) in [5.74, 6) is -0.891. The first-order chi connectivity index (χ1) is 8.04. The van der Waals surface area contributed by atoms with Crippen molar-refractivity contribution in [3.63, 3.8) is 0 Å². The minimum atomic E-state index is -0.891. The van der Waals surface area contributed by atoms with Crippen molar-refractivity contribution in [3.05, 3.63) is 27.4 Å². The number of carboxylic acids is 1. The van der Waals surface area contributed by atoms with Crippen molar-refractivity contribution in [2.45, 2.75) is 46.6 Å². The third-order valence-electron chi connectivity index (χ3n) is 2.80. The number of hydrogen-bond acceptors (Lipinski definition) is 3. The molecule has 0 saturated carbocycles. The zero-order chi connectivity index (χ0) is 13.0. The fourth-order valence-electron chi connectivity index (χ4n) is 2.07. The van der Waals surface area contributed by atoms with E-state index < -0.39 is 5.97 Å². The summed E-state index contributed by atoms with van der Waals surface area (Å²) in [4.78, 5) is 26.6. The fourth-order valence-corrected chi connectivity index (χ4v) is 2.07. The second-order valence-electron chi connectivity index (χ2n) is 3.79. The van der Waals surface area contributed by atoms with E-state index in [2.05, 4.69) is 4.98 Å². The third-order valence-corrected chi connectivity index (χ3v) is 2.80. The Hall–Kier alpha value is -1.65. The summed E-state index contributed by atoms with van der Waals surface area (Å²) in [6.45, 7) is 6.18. The molecule has 1 rings (SSSR count). The van der Waals surface area contributed by atoms with Gasteiger partial charge in [0.15, 0.2) is 0 Å². The van der Waals surface area contributed by atoms with Gasteiger partial charge in [0.25, 0.3) is 0 Å². The maximum Gasteiger partial charge on any atom is 0.347 e. The Bertz CT molecular complexity index is 477. The van der Waals surface area contributed by atoms with Crippen LogP contribution in [-0.2, 0) is 30.6 Å². The van der Waals surface area contributed by atoms with Gasteiger partial charge in [-0.2, -0.15) is 4.98 Å². The van der Waals surface area contributed by atoms with Crippen LogP contribution in [0.1, 0.15) is 37.7 Å². The molecule has 94 valence electrons. The molecule has 0 atom stereocenters. The zero-order valence-corrected chi connectivity index (χ0v) is 10.5. The Morgan fingerprint density at radius 3 is 2.35 bits per heavy atom. The molecule has 0 spiro atoms. The van der Waals surface area contributed by atoms with E-state index >= 15 is 0 Å². The Labute approximate surface area is 100 Å². The van der Waals surface area contributed by atoms with E-state index in [-0.39, 0.29) is 12.1 Å². The average molecular weight is 238 g/mol. The van der Waals surface area contributed by atoms with Crippen molar-refractivity contribution >= 4 is 5.97 Å². The van der Waals surface area contributed by atoms with Gasteiger partial charge in [-0.05, 0) is 19.8 Å². The van der Waals surface area contributed by atoms with Crippen molar-refractivity contribution in [1.82, 2.24) is 9.55 Å². The van der Waals surface area contributed by atoms with Gasteiger partial charge >= 0.3 is 11.7 Å². The number of aliphatic carboxylic acids is 1. The van der Waals surface area contributed by atoms with Crippen molar-refractivity contribution in [2.24, 2.45) is 0 Å². The summed E-state index contributed by atoms with van der Waals surface area (Å²) in [5.41, 5.74) is 1.82. The lowest BCUT2D eigenvalue weighted by atomic mass is 10.0. The van der Waals surface area contributed by atoms with E-state index in [9.17, 15) is 9.59 Å². The van der Waals surface area contributed by atoms with Crippen LogP contribution in [0.4, 0.5) is 0 Å². The summed E-state index contributed by atoms with van der Waals surface area (Å²) in [5, 5.41) is 8.92. The molecule has 0 saturated heterocycles. The molecular weight excluding hydrogens is 220 g/mol. The van der Waals surface area contributed by atoms with Gasteiger partial charge in [-0.1, -0.05) is 13.8 Å². The second kappa shape index (κ2) is 5.61. The maximum absolute atomic E-state index is 11.8. The standard InChI is InChI=1S/C12H18N2O3/c1-4-9-8(7-11(15)16)10(5-2)14(6-3)12(17)13-9/h4-7H2,1-3H3,(H,15,16). The van der Waals surface area contributed by atoms with Crippen molar-refractivity contribution in [2.75, 3.05) is 0 Å². The highest BCUT2D eigenvalue weighted by molar-refractivity contribution is 5.71. The summed E-state index contributed by atoms with van der Waals surface area (Å²) in [6, 6.07) is 0. The topological polar surface area (TPSA) is 72.2 Å². The molecule has 1 N–H and O–H groups in total. The van der Waals surface area contributed by atoms with Gasteiger partial charge in [0.2, 0.25) is 0 Å². The van der Waals surface area contributed by atoms with E-state index in [0.717, 1.165) is 5.69 Å². The van der Waals surface area contributed by atoms with Gasteiger partial charge in [-0.25, -0.2) is 4.79 Å². The van der Waals surface area contributed by atoms with Gasteiger partial charge in [0.1, 0.15) is 0 Å². The van der Waals surface area contributed by atoms with Crippen LogP contribution in [0.25, 0.3) is 0 Å². The molecule has 17 heavy (non-hydrogen) atoms. The molecule has 5 nitrogen and oxygen atoms in total. The van der Waals surface area contributed by atoms with Gasteiger partial charge in [-0.15, -0.1) is 0 Å². The zero-order valence-electron chi connectivity index (χ0n) is 10.5. The van der Waals surface area contributed by atoms with Crippen molar-refractivity contribution in [1.29, 1.82) is 0 Å². The number of aromatic nitrogens is 2. The molecule has 0 aliphatic rings. The predicted octanol–water partition coefficient (Wildman–Crippen LogP) is 1.02. The van der Waals surface area contributed by atoms with E-state index in [4.69, 9.17) is 5.11 Å². The maximum atomic E-state index is 11.8. The predicted molar refractivity (Wildman–Crippen MR) is 64.3 cm³/mol. The molecule has 0 radical (unpaired) electrons. The number of aryl methyl sites for hydroxylation is 1. The van der Waals surface area contributed by atoms with Crippen LogP contribution >= 0.6 is 0 Å². The summed E-state index contributed by atoms with van der Waals surface area (Å²) in [7, 11) is 0. The van der Waals surface area contributed by atoms with Gasteiger partial charge in [0, 0.05) is 17.8 Å². The molecule has 1 heterocycles. The molecule has 1 aromatic rings. The largest absolute Gasteiger partial charge is 0.481 e. The normalized spacial score (nSPS) is 10.5. The Balaban J connectivity index is 3.50. The average Bonchev–Trinajstić information content (AvgIpc) is 2.29. The Kier molecular flexibility index (Phi) is 4.43. The minimum absolute atomic E-state index is 0.0698. The molecule has 0 unspecified atom stereocenters. The molecule has 0 bridgehead atoms. The number of rotatable bonds is 5. The number of carbonyl (C=O) groups is 1.